The number of hydrogen-bond donors (Lipinski definition) is 1. The molecule has 1 N–H and O–H groups in total. The van der Waals surface area contributed by atoms with Gasteiger partial charge in [-0.05, 0) is 29.8 Å². The minimum absolute atomic E-state index is 0.0785. The van der Waals surface area contributed by atoms with Crippen molar-refractivity contribution in [1.82, 2.24) is 10.2 Å². The molecule has 3 atom stereocenters. The molecule has 2 amide bonds. The Morgan fingerprint density at radius 1 is 1.14 bits per heavy atom. The third-order valence-corrected chi connectivity index (χ3v) is 6.51. The molecule has 0 saturated carbocycles. The van der Waals surface area contributed by atoms with E-state index in [9.17, 15) is 24.5 Å². The highest BCUT2D eigenvalue weighted by Crippen LogP contribution is 2.40. The highest BCUT2D eigenvalue weighted by Gasteiger charge is 2.56. The molecule has 2 aliphatic rings. The van der Waals surface area contributed by atoms with Crippen LogP contribution in [0.15, 0.2) is 65.8 Å². The number of para-hydroxylation sites is 1. The number of carbonyl (C=O) groups is 3. The van der Waals surface area contributed by atoms with E-state index in [1.165, 1.54) is 48.0 Å². The zero-order valence-corrected chi connectivity index (χ0v) is 19.3. The number of rotatable bonds is 9. The number of ether oxygens (including phenoxy) is 3. The van der Waals surface area contributed by atoms with Crippen molar-refractivity contribution in [2.75, 3.05) is 13.7 Å². The molecule has 12 heteroatoms. The zero-order valence-electron chi connectivity index (χ0n) is 18.5. The minimum atomic E-state index is -1.11. The fourth-order valence-electron chi connectivity index (χ4n) is 3.59. The lowest BCUT2D eigenvalue weighted by atomic mass is 10.0. The van der Waals surface area contributed by atoms with E-state index in [1.54, 1.807) is 29.7 Å². The van der Waals surface area contributed by atoms with Crippen LogP contribution < -0.4 is 10.1 Å². The highest BCUT2D eigenvalue weighted by molar-refractivity contribution is 8.02. The molecule has 182 valence electrons. The summed E-state index contributed by atoms with van der Waals surface area (Å²) in [6, 6.07) is 12.5. The number of fused-ring (bicyclic) bond motifs is 1. The van der Waals surface area contributed by atoms with E-state index in [-0.39, 0.29) is 24.7 Å². The van der Waals surface area contributed by atoms with Gasteiger partial charge in [0.15, 0.2) is 12.6 Å². The van der Waals surface area contributed by atoms with Crippen molar-refractivity contribution in [3.8, 4) is 5.75 Å². The molecule has 0 radical (unpaired) electrons. The standard InChI is InChI=1S/C23H21N3O8S/c1-32-17-13-35-22-19(24-18(27)12-33-16-5-3-2-4-6-16)21(28)25(22)20(17)23(29)34-11-14-7-9-15(10-8-14)26(30)31/h2-10,13,19-20,22H,11-12H2,1H3,(H,24,27)/t19-,20-,22+/m1/s1. The van der Waals surface area contributed by atoms with Gasteiger partial charge in [-0.3, -0.25) is 19.7 Å². The van der Waals surface area contributed by atoms with Crippen molar-refractivity contribution in [1.29, 1.82) is 0 Å². The molecular weight excluding hydrogens is 478 g/mol. The number of benzene rings is 2. The summed E-state index contributed by atoms with van der Waals surface area (Å²) < 4.78 is 16.1. The van der Waals surface area contributed by atoms with Gasteiger partial charge in [-0.1, -0.05) is 18.2 Å². The number of non-ortho nitro benzene ring substituents is 1. The number of esters is 1. The van der Waals surface area contributed by atoms with Crippen LogP contribution in [0.3, 0.4) is 0 Å². The van der Waals surface area contributed by atoms with Crippen molar-refractivity contribution in [3.63, 3.8) is 0 Å². The molecule has 0 bridgehead atoms. The molecule has 0 unspecified atom stereocenters. The second kappa shape index (κ2) is 10.5. The minimum Gasteiger partial charge on any atom is -0.498 e. The summed E-state index contributed by atoms with van der Waals surface area (Å²) in [6.45, 7) is -0.397. The van der Waals surface area contributed by atoms with Gasteiger partial charge < -0.3 is 24.4 Å². The van der Waals surface area contributed by atoms with Crippen LogP contribution in [0.2, 0.25) is 0 Å². The quantitative estimate of drug-likeness (QED) is 0.238. The van der Waals surface area contributed by atoms with E-state index in [2.05, 4.69) is 5.32 Å². The molecular formula is C23H21N3O8S. The van der Waals surface area contributed by atoms with Crippen LogP contribution in [0, 0.1) is 10.1 Å². The van der Waals surface area contributed by atoms with Crippen LogP contribution >= 0.6 is 11.8 Å². The van der Waals surface area contributed by atoms with Gasteiger partial charge in [0.05, 0.1) is 12.0 Å². The van der Waals surface area contributed by atoms with Gasteiger partial charge in [0.1, 0.15) is 29.5 Å². The summed E-state index contributed by atoms with van der Waals surface area (Å²) in [5.74, 6) is -0.862. The Hall–Kier alpha value is -4.06. The molecule has 2 aliphatic heterocycles. The Morgan fingerprint density at radius 3 is 2.51 bits per heavy atom. The Kier molecular flexibility index (Phi) is 7.20. The maximum absolute atomic E-state index is 12.9. The van der Waals surface area contributed by atoms with Crippen LogP contribution in [0.5, 0.6) is 5.75 Å². The van der Waals surface area contributed by atoms with Crippen LogP contribution in [0.25, 0.3) is 0 Å². The fraction of sp³-hybridized carbons (Fsp3) is 0.261. The predicted octanol–water partition coefficient (Wildman–Crippen LogP) is 1.97. The van der Waals surface area contributed by atoms with Gasteiger partial charge in [0.25, 0.3) is 11.6 Å². The molecule has 2 aromatic rings. The molecule has 1 saturated heterocycles. The molecule has 0 spiro atoms. The molecule has 35 heavy (non-hydrogen) atoms. The maximum Gasteiger partial charge on any atom is 0.337 e. The summed E-state index contributed by atoms with van der Waals surface area (Å²) in [7, 11) is 1.38. The van der Waals surface area contributed by atoms with Crippen molar-refractivity contribution in [3.05, 3.63) is 81.4 Å². The number of hydrogen-bond acceptors (Lipinski definition) is 9. The van der Waals surface area contributed by atoms with Crippen molar-refractivity contribution >= 4 is 35.2 Å². The lowest BCUT2D eigenvalue weighted by Gasteiger charge is -2.51. The van der Waals surface area contributed by atoms with E-state index in [1.807, 2.05) is 6.07 Å². The van der Waals surface area contributed by atoms with Gasteiger partial charge in [0.2, 0.25) is 5.91 Å². The Morgan fingerprint density at radius 2 is 1.86 bits per heavy atom. The molecule has 1 fully saturated rings. The number of nitrogens with zero attached hydrogens (tertiary/aromatic N) is 2. The number of methoxy groups -OCH3 is 1. The number of thioether (sulfide) groups is 1. The summed E-state index contributed by atoms with van der Waals surface area (Å²) >= 11 is 1.24. The van der Waals surface area contributed by atoms with Gasteiger partial charge in [-0.25, -0.2) is 4.79 Å². The average molecular weight is 500 g/mol. The van der Waals surface area contributed by atoms with Crippen molar-refractivity contribution < 1.29 is 33.5 Å². The van der Waals surface area contributed by atoms with Crippen LogP contribution in [-0.4, -0.2) is 58.8 Å². The van der Waals surface area contributed by atoms with E-state index in [0.29, 0.717) is 11.3 Å². The number of nitrogens with one attached hydrogen (secondary N) is 1. The number of amides is 2. The highest BCUT2D eigenvalue weighted by atomic mass is 32.2. The van der Waals surface area contributed by atoms with Crippen molar-refractivity contribution in [2.24, 2.45) is 0 Å². The Balaban J connectivity index is 1.36. The van der Waals surface area contributed by atoms with Crippen LogP contribution in [0.4, 0.5) is 5.69 Å². The van der Waals surface area contributed by atoms with Crippen molar-refractivity contribution in [2.45, 2.75) is 24.1 Å². The third-order valence-electron chi connectivity index (χ3n) is 5.37. The largest absolute Gasteiger partial charge is 0.498 e. The third kappa shape index (κ3) is 5.22. The Labute approximate surface area is 204 Å². The Bertz CT molecular complexity index is 1160. The SMILES string of the molecule is COC1=CS[C@H]2[C@H](NC(=O)COc3ccccc3)C(=O)N2[C@H]1C(=O)OCc1ccc([N+](=O)[O-])cc1. The van der Waals surface area contributed by atoms with E-state index < -0.39 is 40.2 Å². The van der Waals surface area contributed by atoms with Gasteiger partial charge >= 0.3 is 5.97 Å². The van der Waals surface area contributed by atoms with E-state index in [0.717, 1.165) is 0 Å². The first-order valence-electron chi connectivity index (χ1n) is 10.5. The summed E-state index contributed by atoms with van der Waals surface area (Å²) in [5.41, 5.74) is 0.470. The smallest absolute Gasteiger partial charge is 0.337 e. The number of nitro groups is 1. The van der Waals surface area contributed by atoms with Crippen LogP contribution in [-0.2, 0) is 30.5 Å². The number of β-lactam (4-membered cyclic amide) rings is 1. The first-order valence-corrected chi connectivity index (χ1v) is 11.4. The topological polar surface area (TPSA) is 137 Å². The normalized spacial score (nSPS) is 20.6. The fourth-order valence-corrected chi connectivity index (χ4v) is 4.79. The molecule has 0 aliphatic carbocycles. The molecule has 0 aromatic heterocycles. The molecule has 2 aromatic carbocycles. The number of nitro benzene ring substituents is 1. The average Bonchev–Trinajstić information content (AvgIpc) is 2.88. The molecule has 11 nitrogen and oxygen atoms in total. The first kappa shape index (κ1) is 24.1. The summed E-state index contributed by atoms with van der Waals surface area (Å²) in [5, 5.41) is 14.5. The second-order valence-electron chi connectivity index (χ2n) is 7.58. The lowest BCUT2D eigenvalue weighted by Crippen LogP contribution is -2.74. The molecule has 2 heterocycles. The monoisotopic (exact) mass is 499 g/mol. The lowest BCUT2D eigenvalue weighted by molar-refractivity contribution is -0.384. The maximum atomic E-state index is 12.9. The first-order chi connectivity index (χ1) is 16.9. The van der Waals surface area contributed by atoms with E-state index >= 15 is 0 Å². The summed E-state index contributed by atoms with van der Waals surface area (Å²) in [6.07, 6.45) is 0. The number of carbonyl (C=O) groups excluding carboxylic acids is 3. The molecule has 4 rings (SSSR count). The second-order valence-corrected chi connectivity index (χ2v) is 8.57. The van der Waals surface area contributed by atoms with Gasteiger partial charge in [-0.15, -0.1) is 11.8 Å². The zero-order chi connectivity index (χ0) is 24.9. The van der Waals surface area contributed by atoms with Crippen LogP contribution in [0.1, 0.15) is 5.56 Å². The predicted molar refractivity (Wildman–Crippen MR) is 124 cm³/mol. The van der Waals surface area contributed by atoms with Gasteiger partial charge in [0, 0.05) is 17.5 Å². The van der Waals surface area contributed by atoms with Gasteiger partial charge in [-0.2, -0.15) is 0 Å². The summed E-state index contributed by atoms with van der Waals surface area (Å²) in [4.78, 5) is 49.6. The van der Waals surface area contributed by atoms with E-state index in [4.69, 9.17) is 14.2 Å².